The van der Waals surface area contributed by atoms with Crippen molar-refractivity contribution in [1.29, 1.82) is 0 Å². The highest BCUT2D eigenvalue weighted by molar-refractivity contribution is 5.11. The van der Waals surface area contributed by atoms with Crippen LogP contribution in [-0.4, -0.2) is 29.7 Å². The molecular weight excluding hydrogens is 214 g/mol. The van der Waals surface area contributed by atoms with Gasteiger partial charge in [-0.1, -0.05) is 6.42 Å². The van der Waals surface area contributed by atoms with Crippen molar-refractivity contribution in [3.05, 3.63) is 17.7 Å². The van der Waals surface area contributed by atoms with E-state index in [0.29, 0.717) is 12.0 Å². The zero-order valence-electron chi connectivity index (χ0n) is 10.2. The number of ether oxygens (including phenoxy) is 1. The maximum atomic E-state index is 5.53. The van der Waals surface area contributed by atoms with Crippen molar-refractivity contribution < 1.29 is 4.74 Å². The number of nitrogens with zero attached hydrogens (tertiary/aromatic N) is 1. The van der Waals surface area contributed by atoms with Gasteiger partial charge in [-0.25, -0.2) is 4.98 Å². The normalized spacial score (nSPS) is 30.4. The van der Waals surface area contributed by atoms with Crippen LogP contribution >= 0.6 is 0 Å². The minimum atomic E-state index is 0.432. The van der Waals surface area contributed by atoms with Crippen LogP contribution in [0.2, 0.25) is 0 Å². The number of aromatic amines is 1. The highest BCUT2D eigenvalue weighted by Crippen LogP contribution is 2.26. The molecule has 2 saturated heterocycles. The third kappa shape index (κ3) is 2.53. The lowest BCUT2D eigenvalue weighted by atomic mass is 9.99. The lowest BCUT2D eigenvalue weighted by Gasteiger charge is -2.22. The number of hydrogen-bond donors (Lipinski definition) is 2. The summed E-state index contributed by atoms with van der Waals surface area (Å²) in [6.07, 6.45) is 8.19. The predicted molar refractivity (Wildman–Crippen MR) is 66.0 cm³/mol. The highest BCUT2D eigenvalue weighted by atomic mass is 16.5. The SMILES string of the molecule is c1nc(C2CCCCN2)[nH]c1C1CCCOC1. The molecule has 2 atom stereocenters. The maximum absolute atomic E-state index is 5.53. The van der Waals surface area contributed by atoms with Crippen molar-refractivity contribution in [3.8, 4) is 0 Å². The molecule has 0 spiro atoms. The fourth-order valence-electron chi connectivity index (χ4n) is 2.81. The van der Waals surface area contributed by atoms with Gasteiger partial charge in [-0.2, -0.15) is 0 Å². The minimum absolute atomic E-state index is 0.432. The summed E-state index contributed by atoms with van der Waals surface area (Å²) in [5.74, 6) is 1.64. The van der Waals surface area contributed by atoms with Crippen LogP contribution in [0.25, 0.3) is 0 Å². The molecule has 3 heterocycles. The first-order valence-electron chi connectivity index (χ1n) is 6.79. The van der Waals surface area contributed by atoms with E-state index in [0.717, 1.165) is 25.6 Å². The summed E-state index contributed by atoms with van der Waals surface area (Å²) in [6.45, 7) is 2.88. The predicted octanol–water partition coefficient (Wildman–Crippen LogP) is 2.12. The molecule has 0 aliphatic carbocycles. The Balaban J connectivity index is 1.68. The zero-order chi connectivity index (χ0) is 11.5. The van der Waals surface area contributed by atoms with Crippen molar-refractivity contribution in [2.24, 2.45) is 0 Å². The van der Waals surface area contributed by atoms with Crippen LogP contribution in [0.5, 0.6) is 0 Å². The molecule has 0 bridgehead atoms. The van der Waals surface area contributed by atoms with E-state index < -0.39 is 0 Å². The molecule has 2 unspecified atom stereocenters. The second kappa shape index (κ2) is 5.19. The largest absolute Gasteiger partial charge is 0.381 e. The number of H-pyrrole nitrogens is 1. The molecule has 17 heavy (non-hydrogen) atoms. The van der Waals surface area contributed by atoms with E-state index in [2.05, 4.69) is 15.3 Å². The van der Waals surface area contributed by atoms with Crippen LogP contribution in [0.15, 0.2) is 6.20 Å². The highest BCUT2D eigenvalue weighted by Gasteiger charge is 2.21. The number of piperidine rings is 1. The third-order valence-corrected chi connectivity index (χ3v) is 3.86. The lowest BCUT2D eigenvalue weighted by molar-refractivity contribution is 0.0794. The molecule has 1 aromatic heterocycles. The molecular formula is C13H21N3O. The van der Waals surface area contributed by atoms with Gasteiger partial charge in [-0.3, -0.25) is 0 Å². The fraction of sp³-hybridized carbons (Fsp3) is 0.769. The first kappa shape index (κ1) is 11.2. The first-order chi connectivity index (χ1) is 8.43. The summed E-state index contributed by atoms with van der Waals surface area (Å²) >= 11 is 0. The van der Waals surface area contributed by atoms with Crippen LogP contribution in [-0.2, 0) is 4.74 Å². The monoisotopic (exact) mass is 235 g/mol. The second-order valence-electron chi connectivity index (χ2n) is 5.14. The average molecular weight is 235 g/mol. The lowest BCUT2D eigenvalue weighted by Crippen LogP contribution is -2.27. The number of aromatic nitrogens is 2. The minimum Gasteiger partial charge on any atom is -0.381 e. The Kier molecular flexibility index (Phi) is 3.43. The zero-order valence-corrected chi connectivity index (χ0v) is 10.2. The van der Waals surface area contributed by atoms with Crippen LogP contribution in [0.1, 0.15) is 55.6 Å². The van der Waals surface area contributed by atoms with E-state index >= 15 is 0 Å². The van der Waals surface area contributed by atoms with Crippen molar-refractivity contribution in [2.45, 2.75) is 44.1 Å². The summed E-state index contributed by atoms with van der Waals surface area (Å²) in [7, 11) is 0. The van der Waals surface area contributed by atoms with Crippen LogP contribution in [0.4, 0.5) is 0 Å². The smallest absolute Gasteiger partial charge is 0.123 e. The van der Waals surface area contributed by atoms with Gasteiger partial charge in [0.25, 0.3) is 0 Å². The molecule has 0 saturated carbocycles. The van der Waals surface area contributed by atoms with Gasteiger partial charge in [0, 0.05) is 24.4 Å². The summed E-state index contributed by atoms with van der Waals surface area (Å²) in [4.78, 5) is 8.04. The van der Waals surface area contributed by atoms with Gasteiger partial charge in [-0.05, 0) is 32.2 Å². The first-order valence-corrected chi connectivity index (χ1v) is 6.79. The second-order valence-corrected chi connectivity index (χ2v) is 5.14. The van der Waals surface area contributed by atoms with Gasteiger partial charge in [-0.15, -0.1) is 0 Å². The third-order valence-electron chi connectivity index (χ3n) is 3.86. The van der Waals surface area contributed by atoms with Gasteiger partial charge in [0.15, 0.2) is 0 Å². The van der Waals surface area contributed by atoms with E-state index in [1.54, 1.807) is 0 Å². The van der Waals surface area contributed by atoms with Gasteiger partial charge >= 0.3 is 0 Å². The molecule has 0 aromatic carbocycles. The molecule has 2 N–H and O–H groups in total. The Bertz CT molecular complexity index is 319. The average Bonchev–Trinajstić information content (AvgIpc) is 2.90. The summed E-state index contributed by atoms with van der Waals surface area (Å²) < 4.78 is 5.53. The Morgan fingerprint density at radius 3 is 3.00 bits per heavy atom. The number of hydrogen-bond acceptors (Lipinski definition) is 3. The van der Waals surface area contributed by atoms with Crippen molar-refractivity contribution in [1.82, 2.24) is 15.3 Å². The van der Waals surface area contributed by atoms with E-state index in [4.69, 9.17) is 4.74 Å². The van der Waals surface area contributed by atoms with Crippen molar-refractivity contribution in [3.63, 3.8) is 0 Å². The van der Waals surface area contributed by atoms with E-state index in [1.165, 1.54) is 37.8 Å². The molecule has 3 rings (SSSR count). The topological polar surface area (TPSA) is 49.9 Å². The summed E-state index contributed by atoms with van der Waals surface area (Å²) in [5, 5.41) is 3.53. The van der Waals surface area contributed by atoms with Gasteiger partial charge in [0.2, 0.25) is 0 Å². The Morgan fingerprint density at radius 1 is 1.24 bits per heavy atom. The van der Waals surface area contributed by atoms with Gasteiger partial charge in [0.1, 0.15) is 5.82 Å². The van der Waals surface area contributed by atoms with Crippen molar-refractivity contribution >= 4 is 0 Å². The number of nitrogens with one attached hydrogen (secondary N) is 2. The Morgan fingerprint density at radius 2 is 2.24 bits per heavy atom. The summed E-state index contributed by atoms with van der Waals surface area (Å²) in [5.41, 5.74) is 1.26. The van der Waals surface area contributed by atoms with Gasteiger partial charge in [0.05, 0.1) is 12.6 Å². The molecule has 0 radical (unpaired) electrons. The summed E-state index contributed by atoms with van der Waals surface area (Å²) in [6, 6.07) is 0.432. The van der Waals surface area contributed by atoms with Crippen LogP contribution in [0.3, 0.4) is 0 Å². The van der Waals surface area contributed by atoms with E-state index in [9.17, 15) is 0 Å². The number of rotatable bonds is 2. The Hall–Kier alpha value is -0.870. The standard InChI is InChI=1S/C13H21N3O/c1-2-6-14-11(5-1)13-15-8-12(16-13)10-4-3-7-17-9-10/h8,10-11,14H,1-7,9H2,(H,15,16). The van der Waals surface area contributed by atoms with Gasteiger partial charge < -0.3 is 15.0 Å². The molecule has 2 aliphatic rings. The molecule has 4 heteroatoms. The molecule has 0 amide bonds. The van der Waals surface area contributed by atoms with Crippen molar-refractivity contribution in [2.75, 3.05) is 19.8 Å². The van der Waals surface area contributed by atoms with E-state index in [1.807, 2.05) is 6.20 Å². The Labute approximate surface area is 102 Å². The molecule has 2 aliphatic heterocycles. The van der Waals surface area contributed by atoms with E-state index in [-0.39, 0.29) is 0 Å². The maximum Gasteiger partial charge on any atom is 0.123 e. The fourth-order valence-corrected chi connectivity index (χ4v) is 2.81. The number of imidazole rings is 1. The van der Waals surface area contributed by atoms with Crippen LogP contribution < -0.4 is 5.32 Å². The quantitative estimate of drug-likeness (QED) is 0.825. The van der Waals surface area contributed by atoms with Crippen LogP contribution in [0, 0.1) is 0 Å². The molecule has 94 valence electrons. The molecule has 1 aromatic rings. The molecule has 2 fully saturated rings. The molecule has 4 nitrogen and oxygen atoms in total.